The van der Waals surface area contributed by atoms with Gasteiger partial charge < -0.3 is 5.32 Å². The maximum Gasteiger partial charge on any atom is 0.173 e. The van der Waals surface area contributed by atoms with Crippen LogP contribution in [-0.4, -0.2) is 11.3 Å². The highest BCUT2D eigenvalue weighted by atomic mass is 32.2. The number of para-hydroxylation sites is 1. The van der Waals surface area contributed by atoms with Crippen LogP contribution in [-0.2, 0) is 4.79 Å². The second-order valence-electron chi connectivity index (χ2n) is 4.83. The Morgan fingerprint density at radius 3 is 2.58 bits per heavy atom. The lowest BCUT2D eigenvalue weighted by Gasteiger charge is -2.25. The Kier molecular flexibility index (Phi) is 4.17. The summed E-state index contributed by atoms with van der Waals surface area (Å²) in [6.07, 6.45) is 0. The number of anilines is 1. The summed E-state index contributed by atoms with van der Waals surface area (Å²) < 4.78 is 0. The zero-order chi connectivity index (χ0) is 14.0. The molecule has 0 saturated carbocycles. The van der Waals surface area contributed by atoms with Crippen LogP contribution in [0.5, 0.6) is 0 Å². The van der Waals surface area contributed by atoms with E-state index < -0.39 is 0 Å². The van der Waals surface area contributed by atoms with Crippen molar-refractivity contribution in [3.63, 3.8) is 0 Å². The highest BCUT2D eigenvalue weighted by Crippen LogP contribution is 2.34. The highest BCUT2D eigenvalue weighted by Gasteiger charge is 2.30. The highest BCUT2D eigenvalue weighted by molar-refractivity contribution is 8.04. The van der Waals surface area contributed by atoms with E-state index in [1.165, 1.54) is 11.8 Å². The molecule has 1 aliphatic heterocycles. The summed E-state index contributed by atoms with van der Waals surface area (Å²) in [4.78, 5) is 12.9. The van der Waals surface area contributed by atoms with E-state index in [9.17, 15) is 4.79 Å². The third kappa shape index (κ3) is 2.93. The third-order valence-electron chi connectivity index (χ3n) is 2.97. The standard InChI is InChI=1S/C14H19N3OS/c1-9(2)12(18)13-10(3)16-14(19-13)17(15)11-7-5-4-6-8-11/h4-9,14,16H,15H2,1-3H3. The number of nitrogens with two attached hydrogens (primary N) is 1. The van der Waals surface area contributed by atoms with Crippen molar-refractivity contribution in [1.29, 1.82) is 0 Å². The molecule has 0 aromatic heterocycles. The number of hydrogen-bond donors (Lipinski definition) is 2. The minimum Gasteiger partial charge on any atom is -0.358 e. The zero-order valence-electron chi connectivity index (χ0n) is 11.4. The Balaban J connectivity index is 2.10. The maximum atomic E-state index is 12.1. The minimum atomic E-state index is -0.139. The van der Waals surface area contributed by atoms with Gasteiger partial charge in [0.2, 0.25) is 0 Å². The van der Waals surface area contributed by atoms with Crippen molar-refractivity contribution in [2.75, 3.05) is 5.01 Å². The van der Waals surface area contributed by atoms with Gasteiger partial charge in [0, 0.05) is 11.6 Å². The van der Waals surface area contributed by atoms with Gasteiger partial charge in [-0.2, -0.15) is 0 Å². The second kappa shape index (κ2) is 5.67. The van der Waals surface area contributed by atoms with Gasteiger partial charge in [0.05, 0.1) is 10.6 Å². The number of hydrazine groups is 1. The first-order chi connectivity index (χ1) is 9.00. The van der Waals surface area contributed by atoms with Gasteiger partial charge in [-0.05, 0) is 19.1 Å². The van der Waals surface area contributed by atoms with Crippen molar-refractivity contribution in [2.24, 2.45) is 11.8 Å². The van der Waals surface area contributed by atoms with E-state index in [-0.39, 0.29) is 17.2 Å². The minimum absolute atomic E-state index is 0.000879. The monoisotopic (exact) mass is 277 g/mol. The van der Waals surface area contributed by atoms with E-state index in [2.05, 4.69) is 5.32 Å². The van der Waals surface area contributed by atoms with Crippen LogP contribution in [0.2, 0.25) is 0 Å². The summed E-state index contributed by atoms with van der Waals surface area (Å²) in [5.74, 6) is 6.28. The first-order valence-corrected chi connectivity index (χ1v) is 7.16. The summed E-state index contributed by atoms with van der Waals surface area (Å²) >= 11 is 1.48. The van der Waals surface area contributed by atoms with Crippen molar-refractivity contribution in [1.82, 2.24) is 5.32 Å². The molecule has 1 aromatic carbocycles. The molecule has 4 nitrogen and oxygen atoms in total. The predicted octanol–water partition coefficient (Wildman–Crippen LogP) is 2.44. The molecular weight excluding hydrogens is 258 g/mol. The average Bonchev–Trinajstić information content (AvgIpc) is 2.80. The number of carbonyl (C=O) groups is 1. The quantitative estimate of drug-likeness (QED) is 0.654. The number of hydrogen-bond acceptors (Lipinski definition) is 5. The van der Waals surface area contributed by atoms with E-state index in [0.29, 0.717) is 0 Å². The van der Waals surface area contributed by atoms with Crippen LogP contribution in [0.25, 0.3) is 0 Å². The van der Waals surface area contributed by atoms with Crippen LogP contribution in [0.15, 0.2) is 40.9 Å². The van der Waals surface area contributed by atoms with Crippen molar-refractivity contribution in [3.05, 3.63) is 40.9 Å². The Labute approximate surface area is 118 Å². The topological polar surface area (TPSA) is 58.4 Å². The van der Waals surface area contributed by atoms with Crippen LogP contribution in [0.1, 0.15) is 20.8 Å². The molecule has 2 rings (SSSR count). The number of nitrogens with one attached hydrogen (secondary N) is 1. The molecule has 0 aliphatic carbocycles. The normalized spacial score (nSPS) is 18.7. The lowest BCUT2D eigenvalue weighted by Crippen LogP contribution is -2.45. The number of rotatable bonds is 4. The Morgan fingerprint density at radius 1 is 1.37 bits per heavy atom. The first-order valence-electron chi connectivity index (χ1n) is 6.28. The molecule has 1 aliphatic rings. The molecule has 5 heteroatoms. The van der Waals surface area contributed by atoms with Gasteiger partial charge in [-0.15, -0.1) is 0 Å². The molecule has 0 fully saturated rings. The first kappa shape index (κ1) is 14.0. The Hall–Kier alpha value is -1.46. The molecule has 0 spiro atoms. The fraction of sp³-hybridized carbons (Fsp3) is 0.357. The molecule has 102 valence electrons. The lowest BCUT2D eigenvalue weighted by molar-refractivity contribution is -0.117. The van der Waals surface area contributed by atoms with E-state index in [0.717, 1.165) is 16.3 Å². The number of Topliss-reactive ketones (excluding diaryl/α,β-unsaturated/α-hetero) is 1. The SMILES string of the molecule is CC1=C(C(=O)C(C)C)SC(N(N)c2ccccc2)N1. The van der Waals surface area contributed by atoms with Gasteiger partial charge in [0.25, 0.3) is 0 Å². The molecule has 19 heavy (non-hydrogen) atoms. The van der Waals surface area contributed by atoms with Gasteiger partial charge in [-0.25, -0.2) is 5.84 Å². The van der Waals surface area contributed by atoms with Gasteiger partial charge in [0.1, 0.15) is 0 Å². The molecular formula is C14H19N3OS. The number of benzene rings is 1. The van der Waals surface area contributed by atoms with Gasteiger partial charge in [0.15, 0.2) is 11.3 Å². The van der Waals surface area contributed by atoms with Crippen molar-refractivity contribution in [2.45, 2.75) is 26.3 Å². The van der Waals surface area contributed by atoms with Crippen LogP contribution in [0.4, 0.5) is 5.69 Å². The van der Waals surface area contributed by atoms with E-state index in [4.69, 9.17) is 5.84 Å². The van der Waals surface area contributed by atoms with Crippen LogP contribution in [0.3, 0.4) is 0 Å². The molecule has 1 atom stereocenters. The van der Waals surface area contributed by atoms with Gasteiger partial charge in [-0.1, -0.05) is 43.8 Å². The Morgan fingerprint density at radius 2 is 2.00 bits per heavy atom. The number of nitrogens with zero attached hydrogens (tertiary/aromatic N) is 1. The van der Waals surface area contributed by atoms with E-state index in [1.54, 1.807) is 5.01 Å². The largest absolute Gasteiger partial charge is 0.358 e. The second-order valence-corrected chi connectivity index (χ2v) is 5.92. The Bertz CT molecular complexity index is 499. The predicted molar refractivity (Wildman–Crippen MR) is 80.2 cm³/mol. The summed E-state index contributed by atoms with van der Waals surface area (Å²) in [6.45, 7) is 5.74. The fourth-order valence-electron chi connectivity index (χ4n) is 1.85. The third-order valence-corrected chi connectivity index (χ3v) is 4.28. The molecule has 0 saturated heterocycles. The molecule has 1 unspecified atom stereocenters. The maximum absolute atomic E-state index is 12.1. The van der Waals surface area contributed by atoms with Gasteiger partial charge >= 0.3 is 0 Å². The molecule has 0 radical (unpaired) electrons. The van der Waals surface area contributed by atoms with Crippen LogP contribution >= 0.6 is 11.8 Å². The molecule has 0 bridgehead atoms. The van der Waals surface area contributed by atoms with Crippen LogP contribution < -0.4 is 16.2 Å². The fourth-order valence-corrected chi connectivity index (χ4v) is 3.13. The molecule has 1 heterocycles. The molecule has 0 amide bonds. The van der Waals surface area contributed by atoms with Gasteiger partial charge in [-0.3, -0.25) is 9.80 Å². The smallest absolute Gasteiger partial charge is 0.173 e. The van der Waals surface area contributed by atoms with E-state index in [1.807, 2.05) is 51.1 Å². The molecule has 1 aromatic rings. The average molecular weight is 277 g/mol. The summed E-state index contributed by atoms with van der Waals surface area (Å²) in [5, 5.41) is 4.91. The number of ketones is 1. The number of carbonyl (C=O) groups excluding carboxylic acids is 1. The van der Waals surface area contributed by atoms with Crippen molar-refractivity contribution in [3.8, 4) is 0 Å². The number of allylic oxidation sites excluding steroid dienone is 2. The molecule has 3 N–H and O–H groups in total. The van der Waals surface area contributed by atoms with Crippen molar-refractivity contribution < 1.29 is 4.79 Å². The summed E-state index contributed by atoms with van der Waals surface area (Å²) in [6, 6.07) is 9.72. The van der Waals surface area contributed by atoms with Crippen molar-refractivity contribution >= 4 is 23.2 Å². The summed E-state index contributed by atoms with van der Waals surface area (Å²) in [5.41, 5.74) is 1.68. The number of thioether (sulfide) groups is 1. The van der Waals surface area contributed by atoms with Crippen LogP contribution in [0, 0.1) is 5.92 Å². The zero-order valence-corrected chi connectivity index (χ0v) is 12.2. The summed E-state index contributed by atoms with van der Waals surface area (Å²) in [7, 11) is 0. The van der Waals surface area contributed by atoms with E-state index >= 15 is 0 Å². The lowest BCUT2D eigenvalue weighted by atomic mass is 10.1.